The van der Waals surface area contributed by atoms with Crippen LogP contribution >= 0.6 is 11.3 Å². The van der Waals surface area contributed by atoms with E-state index < -0.39 is 16.4 Å². The molecule has 1 aromatic carbocycles. The van der Waals surface area contributed by atoms with E-state index in [1.54, 1.807) is 17.7 Å². The first kappa shape index (κ1) is 22.0. The average Bonchev–Trinajstić information content (AvgIpc) is 3.56. The highest BCUT2D eigenvalue weighted by atomic mass is 32.2. The van der Waals surface area contributed by atoms with Crippen molar-refractivity contribution in [1.82, 2.24) is 9.97 Å². The summed E-state index contributed by atoms with van der Waals surface area (Å²) in [6, 6.07) is 4.24. The van der Waals surface area contributed by atoms with Gasteiger partial charge in [0, 0.05) is 5.92 Å². The molecule has 3 aliphatic rings. The summed E-state index contributed by atoms with van der Waals surface area (Å²) in [5.74, 6) is 2.11. The Balaban J connectivity index is 1.23. The predicted molar refractivity (Wildman–Crippen MR) is 125 cm³/mol. The smallest absolute Gasteiger partial charge is 0.333 e. The molecule has 3 heterocycles. The number of fused-ring (bicyclic) bond motifs is 3. The van der Waals surface area contributed by atoms with Gasteiger partial charge in [-0.05, 0) is 65.8 Å². The molecule has 0 saturated heterocycles. The van der Waals surface area contributed by atoms with Crippen LogP contribution in [0, 0.1) is 5.92 Å². The number of aliphatic hydroxyl groups excluding tert-OH is 1. The van der Waals surface area contributed by atoms with Crippen molar-refractivity contribution in [3.63, 3.8) is 0 Å². The van der Waals surface area contributed by atoms with E-state index in [-0.39, 0.29) is 31.3 Å². The third kappa shape index (κ3) is 3.99. The van der Waals surface area contributed by atoms with E-state index in [9.17, 15) is 13.5 Å². The molecule has 1 fully saturated rings. The fourth-order valence-corrected chi connectivity index (χ4v) is 6.71. The molecule has 0 radical (unpaired) electrons. The summed E-state index contributed by atoms with van der Waals surface area (Å²) in [7, 11) is -4.04. The SMILES string of the molecule is NS(=O)(=O)OC[C@@H]1C[C@@H](c2csc3c(N[C@@H]4CCc5cc6c(cc54)OCO6)ncnc23)C[C@@H]1O. The number of anilines is 1. The van der Waals surface area contributed by atoms with E-state index in [0.29, 0.717) is 12.8 Å². The van der Waals surface area contributed by atoms with Gasteiger partial charge < -0.3 is 19.9 Å². The van der Waals surface area contributed by atoms with Crippen LogP contribution in [0.3, 0.4) is 0 Å². The number of ether oxygens (including phenoxy) is 2. The van der Waals surface area contributed by atoms with Crippen molar-refractivity contribution in [3.05, 3.63) is 40.5 Å². The maximum atomic E-state index is 11.1. The van der Waals surface area contributed by atoms with E-state index in [4.69, 9.17) is 18.8 Å². The van der Waals surface area contributed by atoms with Gasteiger partial charge in [0.05, 0.1) is 29.0 Å². The monoisotopic (exact) mass is 504 g/mol. The van der Waals surface area contributed by atoms with Crippen molar-refractivity contribution in [1.29, 1.82) is 0 Å². The number of aromatic nitrogens is 2. The van der Waals surface area contributed by atoms with Crippen LogP contribution in [0.25, 0.3) is 10.2 Å². The van der Waals surface area contributed by atoms with Crippen molar-refractivity contribution in [2.75, 3.05) is 18.7 Å². The average molecular weight is 505 g/mol. The zero-order valence-corrected chi connectivity index (χ0v) is 19.8. The number of thiophene rings is 1. The Morgan fingerprint density at radius 3 is 2.85 bits per heavy atom. The quantitative estimate of drug-likeness (QED) is 0.461. The fourth-order valence-electron chi connectivity index (χ4n) is 5.29. The summed E-state index contributed by atoms with van der Waals surface area (Å²) in [5, 5.41) is 21.1. The second-order valence-electron chi connectivity index (χ2n) is 9.00. The molecule has 6 rings (SSSR count). The number of nitrogens with two attached hydrogens (primary N) is 1. The molecular weight excluding hydrogens is 480 g/mol. The molecule has 4 N–H and O–H groups in total. The van der Waals surface area contributed by atoms with Crippen LogP contribution in [0.5, 0.6) is 11.5 Å². The Labute approximate surface area is 200 Å². The van der Waals surface area contributed by atoms with Crippen molar-refractivity contribution in [2.45, 2.75) is 43.7 Å². The van der Waals surface area contributed by atoms with Gasteiger partial charge in [-0.25, -0.2) is 15.1 Å². The zero-order valence-electron chi connectivity index (χ0n) is 18.1. The summed E-state index contributed by atoms with van der Waals surface area (Å²) in [5.41, 5.74) is 4.35. The highest BCUT2D eigenvalue weighted by molar-refractivity contribution is 7.84. The lowest BCUT2D eigenvalue weighted by Gasteiger charge is -2.16. The third-order valence-electron chi connectivity index (χ3n) is 6.95. The normalized spacial score (nSPS) is 25.7. The molecule has 0 bridgehead atoms. The molecule has 2 aromatic heterocycles. The Bertz CT molecular complexity index is 1360. The molecule has 4 atom stereocenters. The Morgan fingerprint density at radius 2 is 2.03 bits per heavy atom. The Hall–Kier alpha value is -2.51. The molecule has 2 aliphatic carbocycles. The second kappa shape index (κ2) is 8.31. The first-order valence-corrected chi connectivity index (χ1v) is 13.5. The first-order chi connectivity index (χ1) is 16.4. The lowest BCUT2D eigenvalue weighted by atomic mass is 9.98. The highest BCUT2D eigenvalue weighted by Gasteiger charge is 2.36. The minimum absolute atomic E-state index is 0.0486. The Kier molecular flexibility index (Phi) is 5.37. The van der Waals surface area contributed by atoms with Crippen LogP contribution in [0.2, 0.25) is 0 Å². The van der Waals surface area contributed by atoms with Crippen molar-refractivity contribution < 1.29 is 27.2 Å². The molecule has 3 aromatic rings. The standard InChI is InChI=1S/C22H24N4O6S2/c23-34(28,29)32-7-13-3-12(4-17(13)27)15-8-33-21-20(15)24-9-25-22(21)26-16-2-1-11-5-18-19(6-14(11)16)31-10-30-18/h5-6,8-9,12-13,16-17,27H,1-4,7,10H2,(H2,23,28,29)(H,24,25,26)/t12-,13+,16-,17+/m1/s1. The van der Waals surface area contributed by atoms with Crippen LogP contribution in [-0.2, 0) is 20.9 Å². The minimum Gasteiger partial charge on any atom is -0.454 e. The highest BCUT2D eigenvalue weighted by Crippen LogP contribution is 2.46. The van der Waals surface area contributed by atoms with E-state index in [1.807, 2.05) is 0 Å². The van der Waals surface area contributed by atoms with E-state index in [1.165, 1.54) is 11.1 Å². The first-order valence-electron chi connectivity index (χ1n) is 11.1. The van der Waals surface area contributed by atoms with E-state index in [2.05, 4.69) is 32.8 Å². The topological polar surface area (TPSA) is 146 Å². The van der Waals surface area contributed by atoms with Gasteiger partial charge in [0.2, 0.25) is 6.79 Å². The summed E-state index contributed by atoms with van der Waals surface area (Å²) in [6.07, 6.45) is 3.91. The lowest BCUT2D eigenvalue weighted by molar-refractivity contribution is 0.101. The van der Waals surface area contributed by atoms with Crippen LogP contribution < -0.4 is 19.9 Å². The second-order valence-corrected chi connectivity index (χ2v) is 11.1. The van der Waals surface area contributed by atoms with Crippen LogP contribution in [0.1, 0.15) is 47.9 Å². The molecule has 180 valence electrons. The van der Waals surface area contributed by atoms with Gasteiger partial charge in [-0.2, -0.15) is 8.42 Å². The molecule has 0 unspecified atom stereocenters. The van der Waals surface area contributed by atoms with Gasteiger partial charge in [0.1, 0.15) is 12.1 Å². The summed E-state index contributed by atoms with van der Waals surface area (Å²) < 4.78 is 39.0. The van der Waals surface area contributed by atoms with Gasteiger partial charge in [-0.3, -0.25) is 4.18 Å². The van der Waals surface area contributed by atoms with Crippen LogP contribution in [0.15, 0.2) is 23.8 Å². The molecular formula is C22H24N4O6S2. The van der Waals surface area contributed by atoms with Crippen LogP contribution in [-0.4, -0.2) is 43.0 Å². The molecule has 34 heavy (non-hydrogen) atoms. The molecule has 1 saturated carbocycles. The third-order valence-corrected chi connectivity index (χ3v) is 8.41. The Morgan fingerprint density at radius 1 is 1.21 bits per heavy atom. The number of hydrogen-bond acceptors (Lipinski definition) is 10. The lowest BCUT2D eigenvalue weighted by Crippen LogP contribution is -2.24. The number of rotatable bonds is 6. The van der Waals surface area contributed by atoms with Crippen molar-refractivity contribution in [3.8, 4) is 11.5 Å². The van der Waals surface area contributed by atoms with Gasteiger partial charge in [0.15, 0.2) is 11.5 Å². The fraction of sp³-hybridized carbons (Fsp3) is 0.455. The number of nitrogens with zero attached hydrogens (tertiary/aromatic N) is 2. The molecule has 0 amide bonds. The van der Waals surface area contributed by atoms with Gasteiger partial charge in [0.25, 0.3) is 0 Å². The van der Waals surface area contributed by atoms with Gasteiger partial charge >= 0.3 is 10.3 Å². The number of aliphatic hydroxyl groups is 1. The van der Waals surface area contributed by atoms with Gasteiger partial charge in [-0.15, -0.1) is 11.3 Å². The maximum absolute atomic E-state index is 11.1. The van der Waals surface area contributed by atoms with Crippen molar-refractivity contribution in [2.24, 2.45) is 11.1 Å². The number of aryl methyl sites for hydroxylation is 1. The van der Waals surface area contributed by atoms with Crippen molar-refractivity contribution >= 4 is 37.7 Å². The van der Waals surface area contributed by atoms with Gasteiger partial charge in [-0.1, -0.05) is 0 Å². The van der Waals surface area contributed by atoms with Crippen LogP contribution in [0.4, 0.5) is 5.82 Å². The summed E-state index contributed by atoms with van der Waals surface area (Å²) >= 11 is 1.57. The maximum Gasteiger partial charge on any atom is 0.333 e. The number of hydrogen-bond donors (Lipinski definition) is 3. The largest absolute Gasteiger partial charge is 0.454 e. The van der Waals surface area contributed by atoms with E-state index in [0.717, 1.165) is 45.9 Å². The molecule has 10 nitrogen and oxygen atoms in total. The minimum atomic E-state index is -4.04. The van der Waals surface area contributed by atoms with E-state index >= 15 is 0 Å². The summed E-state index contributed by atoms with van der Waals surface area (Å²) in [6.45, 7) is 0.131. The predicted octanol–water partition coefficient (Wildman–Crippen LogP) is 2.59. The summed E-state index contributed by atoms with van der Waals surface area (Å²) in [4.78, 5) is 9.07. The number of benzene rings is 1. The molecule has 12 heteroatoms. The number of nitrogens with one attached hydrogen (secondary N) is 1. The molecule has 1 aliphatic heterocycles. The molecule has 0 spiro atoms. The zero-order chi connectivity index (χ0) is 23.4.